The Kier molecular flexibility index (Phi) is 7.17. The Morgan fingerprint density at radius 3 is 2.73 bits per heavy atom. The van der Waals surface area contributed by atoms with Crippen LogP contribution in [0.15, 0.2) is 48.8 Å². The number of hydrogen-bond donors (Lipinski definition) is 1. The molecule has 0 aliphatic heterocycles. The zero-order chi connectivity index (χ0) is 23.3. The van der Waals surface area contributed by atoms with E-state index >= 15 is 0 Å². The minimum atomic E-state index is -3.14. The molecule has 1 aliphatic carbocycles. The van der Waals surface area contributed by atoms with Crippen molar-refractivity contribution in [3.05, 3.63) is 60.2 Å². The summed E-state index contributed by atoms with van der Waals surface area (Å²) in [5.74, 6) is 1.29. The highest BCUT2D eigenvalue weighted by Gasteiger charge is 2.16. The highest BCUT2D eigenvalue weighted by Crippen LogP contribution is 2.31. The molecule has 7 nitrogen and oxygen atoms in total. The molecule has 1 heterocycles. The second-order valence-electron chi connectivity index (χ2n) is 8.46. The molecule has 0 unspecified atom stereocenters. The first-order valence-corrected chi connectivity index (χ1v) is 13.1. The van der Waals surface area contributed by atoms with Crippen LogP contribution in [0.3, 0.4) is 0 Å². The van der Waals surface area contributed by atoms with Gasteiger partial charge in [0.25, 0.3) is 0 Å². The Labute approximate surface area is 193 Å². The number of hydrogen-bond acceptors (Lipinski definition) is 7. The number of nitrogens with one attached hydrogen (secondary N) is 1. The average molecular weight is 471 g/mol. The molecule has 0 amide bonds. The van der Waals surface area contributed by atoms with Gasteiger partial charge in [-0.15, -0.1) is 0 Å². The van der Waals surface area contributed by atoms with Gasteiger partial charge in [-0.3, -0.25) is 0 Å². The van der Waals surface area contributed by atoms with Gasteiger partial charge in [0.1, 0.15) is 17.9 Å². The lowest BCUT2D eigenvalue weighted by Crippen LogP contribution is -2.06. The molecule has 4 rings (SSSR count). The SMILES string of the molecule is CS(=O)(=O)Cc1cccc(Nc2ncnc(-c3ccc(F)cc3OCCC3CCCC3)n2)c1. The maximum absolute atomic E-state index is 13.9. The van der Waals surface area contributed by atoms with Gasteiger partial charge in [-0.05, 0) is 42.2 Å². The molecular formula is C24H27FN4O3S. The first-order valence-electron chi connectivity index (χ1n) is 11.0. The van der Waals surface area contributed by atoms with Gasteiger partial charge in [0.05, 0.1) is 17.9 Å². The van der Waals surface area contributed by atoms with Crippen molar-refractivity contribution in [2.45, 2.75) is 37.9 Å². The van der Waals surface area contributed by atoms with Gasteiger partial charge in [-0.25, -0.2) is 22.8 Å². The highest BCUT2D eigenvalue weighted by atomic mass is 32.2. The molecule has 2 aromatic carbocycles. The molecule has 1 aromatic heterocycles. The number of sulfone groups is 1. The molecule has 0 saturated heterocycles. The van der Waals surface area contributed by atoms with Gasteiger partial charge in [-0.1, -0.05) is 37.8 Å². The van der Waals surface area contributed by atoms with Gasteiger partial charge < -0.3 is 10.1 Å². The monoisotopic (exact) mass is 470 g/mol. The fourth-order valence-electron chi connectivity index (χ4n) is 4.09. The fraction of sp³-hybridized carbons (Fsp3) is 0.375. The van der Waals surface area contributed by atoms with E-state index in [2.05, 4.69) is 20.3 Å². The standard InChI is InChI=1S/C24H27FN4O3S/c1-33(30,31)15-18-7-4-8-20(13-18)28-24-27-16-26-23(29-24)21-10-9-19(25)14-22(21)32-12-11-17-5-2-3-6-17/h4,7-10,13-14,16-17H,2-3,5-6,11-12,15H2,1H3,(H,26,27,28,29). The van der Waals surface area contributed by atoms with Crippen molar-refractivity contribution in [1.82, 2.24) is 15.0 Å². The highest BCUT2D eigenvalue weighted by molar-refractivity contribution is 7.89. The Morgan fingerprint density at radius 2 is 1.94 bits per heavy atom. The van der Waals surface area contributed by atoms with Gasteiger partial charge in [-0.2, -0.15) is 4.98 Å². The van der Waals surface area contributed by atoms with E-state index in [1.54, 1.807) is 30.3 Å². The summed E-state index contributed by atoms with van der Waals surface area (Å²) in [6.45, 7) is 0.518. The van der Waals surface area contributed by atoms with E-state index in [0.29, 0.717) is 40.9 Å². The van der Waals surface area contributed by atoms with Crippen molar-refractivity contribution < 1.29 is 17.5 Å². The molecule has 1 aliphatic rings. The maximum atomic E-state index is 13.9. The zero-order valence-corrected chi connectivity index (χ0v) is 19.3. The Hall–Kier alpha value is -3.07. The lowest BCUT2D eigenvalue weighted by atomic mass is 10.1. The van der Waals surface area contributed by atoms with E-state index < -0.39 is 9.84 Å². The number of benzene rings is 2. The molecule has 1 fully saturated rings. The van der Waals surface area contributed by atoms with Crippen molar-refractivity contribution in [2.75, 3.05) is 18.2 Å². The second kappa shape index (κ2) is 10.2. The van der Waals surface area contributed by atoms with Crippen molar-refractivity contribution in [3.8, 4) is 17.1 Å². The third-order valence-corrected chi connectivity index (χ3v) is 6.48. The molecule has 0 radical (unpaired) electrons. The molecule has 1 N–H and O–H groups in total. The Bertz CT molecular complexity index is 1210. The van der Waals surface area contributed by atoms with Crippen LogP contribution in [-0.2, 0) is 15.6 Å². The molecule has 1 saturated carbocycles. The maximum Gasteiger partial charge on any atom is 0.230 e. The van der Waals surface area contributed by atoms with Crippen LogP contribution in [-0.4, -0.2) is 36.2 Å². The molecule has 33 heavy (non-hydrogen) atoms. The number of aromatic nitrogens is 3. The largest absolute Gasteiger partial charge is 0.493 e. The summed E-state index contributed by atoms with van der Waals surface area (Å²) in [5.41, 5.74) is 1.90. The van der Waals surface area contributed by atoms with E-state index in [-0.39, 0.29) is 17.5 Å². The molecular weight excluding hydrogens is 443 g/mol. The van der Waals surface area contributed by atoms with Crippen LogP contribution in [0.5, 0.6) is 5.75 Å². The van der Waals surface area contributed by atoms with Crippen molar-refractivity contribution >= 4 is 21.5 Å². The minimum absolute atomic E-state index is 0.0535. The first kappa shape index (κ1) is 23.1. The number of nitrogens with zero attached hydrogens (tertiary/aromatic N) is 3. The summed E-state index contributed by atoms with van der Waals surface area (Å²) in [6, 6.07) is 11.4. The summed E-state index contributed by atoms with van der Waals surface area (Å²) < 4.78 is 43.0. The molecule has 174 valence electrons. The van der Waals surface area contributed by atoms with E-state index in [4.69, 9.17) is 4.74 Å². The molecule has 9 heteroatoms. The van der Waals surface area contributed by atoms with Crippen LogP contribution in [0.1, 0.15) is 37.7 Å². The summed E-state index contributed by atoms with van der Waals surface area (Å²) in [5, 5.41) is 3.08. The number of halogens is 1. The van der Waals surface area contributed by atoms with Gasteiger partial charge in [0.15, 0.2) is 15.7 Å². The van der Waals surface area contributed by atoms with Crippen LogP contribution in [0.4, 0.5) is 16.0 Å². The van der Waals surface area contributed by atoms with Crippen molar-refractivity contribution in [3.63, 3.8) is 0 Å². The van der Waals surface area contributed by atoms with Crippen LogP contribution in [0.25, 0.3) is 11.4 Å². The van der Waals surface area contributed by atoms with E-state index in [0.717, 1.165) is 6.42 Å². The molecule has 3 aromatic rings. The smallest absolute Gasteiger partial charge is 0.230 e. The summed E-state index contributed by atoms with van der Waals surface area (Å²) in [7, 11) is -3.14. The zero-order valence-electron chi connectivity index (χ0n) is 18.5. The summed E-state index contributed by atoms with van der Waals surface area (Å²) >= 11 is 0. The normalized spacial score (nSPS) is 14.4. The Morgan fingerprint density at radius 1 is 1.12 bits per heavy atom. The van der Waals surface area contributed by atoms with Gasteiger partial charge >= 0.3 is 0 Å². The lowest BCUT2D eigenvalue weighted by Gasteiger charge is -2.14. The lowest BCUT2D eigenvalue weighted by molar-refractivity contribution is 0.279. The minimum Gasteiger partial charge on any atom is -0.493 e. The molecule has 0 spiro atoms. The van der Waals surface area contributed by atoms with E-state index in [1.807, 2.05) is 0 Å². The quantitative estimate of drug-likeness (QED) is 0.474. The van der Waals surface area contributed by atoms with Gasteiger partial charge in [0.2, 0.25) is 5.95 Å². The van der Waals surface area contributed by atoms with Crippen molar-refractivity contribution in [1.29, 1.82) is 0 Å². The topological polar surface area (TPSA) is 94.1 Å². The molecule has 0 bridgehead atoms. The van der Waals surface area contributed by atoms with Gasteiger partial charge in [0, 0.05) is 18.0 Å². The number of rotatable bonds is 9. The summed E-state index contributed by atoms with van der Waals surface area (Å²) in [6.07, 6.45) is 8.52. The predicted molar refractivity (Wildman–Crippen MR) is 126 cm³/mol. The number of anilines is 2. The summed E-state index contributed by atoms with van der Waals surface area (Å²) in [4.78, 5) is 12.9. The van der Waals surface area contributed by atoms with E-state index in [9.17, 15) is 12.8 Å². The van der Waals surface area contributed by atoms with Crippen LogP contribution in [0, 0.1) is 11.7 Å². The predicted octanol–water partition coefficient (Wildman–Crippen LogP) is 4.93. The Balaban J connectivity index is 1.51. The second-order valence-corrected chi connectivity index (χ2v) is 10.6. The average Bonchev–Trinajstić information content (AvgIpc) is 3.27. The fourth-order valence-corrected chi connectivity index (χ4v) is 4.88. The van der Waals surface area contributed by atoms with Crippen molar-refractivity contribution in [2.24, 2.45) is 5.92 Å². The van der Waals surface area contributed by atoms with Crippen LogP contribution >= 0.6 is 0 Å². The van der Waals surface area contributed by atoms with Crippen LogP contribution < -0.4 is 10.1 Å². The van der Waals surface area contributed by atoms with E-state index in [1.165, 1.54) is 50.4 Å². The first-order chi connectivity index (χ1) is 15.9. The number of ether oxygens (including phenoxy) is 1. The third-order valence-electron chi connectivity index (χ3n) is 5.63. The third kappa shape index (κ3) is 6.71. The molecule has 0 atom stereocenters. The van der Waals surface area contributed by atoms with Crippen LogP contribution in [0.2, 0.25) is 0 Å².